The molecule has 0 spiro atoms. The van der Waals surface area contributed by atoms with Crippen molar-refractivity contribution in [2.24, 2.45) is 0 Å². The van der Waals surface area contributed by atoms with E-state index in [4.69, 9.17) is 4.18 Å². The van der Waals surface area contributed by atoms with Gasteiger partial charge >= 0.3 is 10.1 Å². The molecule has 0 saturated carbocycles. The Morgan fingerprint density at radius 3 is 1.71 bits per heavy atom. The molecule has 3 nitrogen and oxygen atoms in total. The van der Waals surface area contributed by atoms with Gasteiger partial charge in [0.05, 0.1) is 0 Å². The Balaban J connectivity index is 2.16. The van der Waals surface area contributed by atoms with Gasteiger partial charge in [-0.2, -0.15) is 8.42 Å². The molecule has 0 aromatic heterocycles. The summed E-state index contributed by atoms with van der Waals surface area (Å²) in [5.74, 6) is -12.7. The molecule has 0 atom stereocenters. The van der Waals surface area contributed by atoms with E-state index in [9.17, 15) is 30.4 Å². The molecule has 0 amide bonds. The van der Waals surface area contributed by atoms with Gasteiger partial charge in [0.2, 0.25) is 5.82 Å². The van der Waals surface area contributed by atoms with E-state index in [2.05, 4.69) is 12.6 Å². The lowest BCUT2D eigenvalue weighted by Gasteiger charge is -2.14. The van der Waals surface area contributed by atoms with Crippen LogP contribution < -0.4 is 4.18 Å². The van der Waals surface area contributed by atoms with Crippen molar-refractivity contribution in [1.29, 1.82) is 0 Å². The van der Waals surface area contributed by atoms with E-state index in [1.165, 1.54) is 24.3 Å². The van der Waals surface area contributed by atoms with Crippen LogP contribution in [0.5, 0.6) is 5.75 Å². The second-order valence-electron chi connectivity index (χ2n) is 5.45. The first-order chi connectivity index (χ1) is 13.1. The molecule has 10 heteroatoms. The zero-order valence-corrected chi connectivity index (χ0v) is 15.3. The molecule has 0 bridgehead atoms. The highest BCUT2D eigenvalue weighted by Gasteiger charge is 2.35. The maximum atomic E-state index is 13.9. The fourth-order valence-corrected chi connectivity index (χ4v) is 3.79. The van der Waals surface area contributed by atoms with Crippen LogP contribution in [0, 0.1) is 29.1 Å². The van der Waals surface area contributed by atoms with Gasteiger partial charge in [-0.3, -0.25) is 0 Å². The zero-order valence-electron chi connectivity index (χ0n) is 13.6. The minimum absolute atomic E-state index is 0.181. The highest BCUT2D eigenvalue weighted by molar-refractivity contribution is 7.87. The Hall–Kier alpha value is -2.59. The number of rotatable bonds is 4. The molecule has 0 fully saturated rings. The van der Waals surface area contributed by atoms with E-state index >= 15 is 0 Å². The SMILES string of the molecule is O=S(=O)(Oc1ccccc1-c1ccccc1S)c1c(F)c(F)c(F)c(F)c1F. The molecular formula is C18H9F5O3S2. The van der Waals surface area contributed by atoms with Gasteiger partial charge in [-0.1, -0.05) is 36.4 Å². The normalized spacial score (nSPS) is 11.5. The van der Waals surface area contributed by atoms with Gasteiger partial charge in [0.25, 0.3) is 0 Å². The van der Waals surface area contributed by atoms with Crippen LogP contribution in [0.1, 0.15) is 0 Å². The van der Waals surface area contributed by atoms with Gasteiger partial charge in [0, 0.05) is 10.5 Å². The first kappa shape index (κ1) is 20.2. The fourth-order valence-electron chi connectivity index (χ4n) is 2.43. The zero-order chi connectivity index (χ0) is 20.6. The van der Waals surface area contributed by atoms with Crippen LogP contribution >= 0.6 is 12.6 Å². The van der Waals surface area contributed by atoms with Crippen LogP contribution in [-0.2, 0) is 10.1 Å². The third kappa shape index (κ3) is 3.45. The van der Waals surface area contributed by atoms with E-state index < -0.39 is 44.1 Å². The fraction of sp³-hybridized carbons (Fsp3) is 0. The Morgan fingerprint density at radius 2 is 1.14 bits per heavy atom. The summed E-state index contributed by atoms with van der Waals surface area (Å²) >= 11 is 4.24. The number of benzene rings is 3. The molecule has 3 rings (SSSR count). The van der Waals surface area contributed by atoms with E-state index in [0.717, 1.165) is 0 Å². The van der Waals surface area contributed by atoms with Gasteiger partial charge < -0.3 is 4.18 Å². The summed E-state index contributed by atoms with van der Waals surface area (Å²) in [5, 5.41) is 0. The molecule has 28 heavy (non-hydrogen) atoms. The van der Waals surface area contributed by atoms with Crippen molar-refractivity contribution in [2.75, 3.05) is 0 Å². The molecule has 0 aliphatic carbocycles. The highest BCUT2D eigenvalue weighted by atomic mass is 32.2. The van der Waals surface area contributed by atoms with Crippen molar-refractivity contribution in [2.45, 2.75) is 9.79 Å². The topological polar surface area (TPSA) is 43.4 Å². The molecule has 146 valence electrons. The third-order valence-corrected chi connectivity index (χ3v) is 5.35. The summed E-state index contributed by atoms with van der Waals surface area (Å²) in [5.41, 5.74) is 0.606. The summed E-state index contributed by atoms with van der Waals surface area (Å²) in [7, 11) is -5.40. The molecule has 0 N–H and O–H groups in total. The van der Waals surface area contributed by atoms with Crippen LogP contribution in [0.4, 0.5) is 22.0 Å². The quantitative estimate of drug-likeness (QED) is 0.205. The number of hydrogen-bond donors (Lipinski definition) is 1. The number of halogens is 5. The molecule has 0 aliphatic rings. The maximum Gasteiger partial charge on any atom is 0.345 e. The summed E-state index contributed by atoms with van der Waals surface area (Å²) in [6, 6.07) is 12.0. The Kier molecular flexibility index (Phi) is 5.35. The summed E-state index contributed by atoms with van der Waals surface area (Å²) in [6.45, 7) is 0. The minimum atomic E-state index is -5.40. The van der Waals surface area contributed by atoms with E-state index in [1.54, 1.807) is 24.3 Å². The van der Waals surface area contributed by atoms with Crippen LogP contribution in [0.25, 0.3) is 11.1 Å². The van der Waals surface area contributed by atoms with Crippen molar-refractivity contribution < 1.29 is 34.6 Å². The van der Waals surface area contributed by atoms with Gasteiger partial charge in [0.15, 0.2) is 33.9 Å². The summed E-state index contributed by atoms with van der Waals surface area (Å²) < 4.78 is 97.2. The van der Waals surface area contributed by atoms with Crippen LogP contribution in [-0.4, -0.2) is 8.42 Å². The van der Waals surface area contributed by atoms with Crippen LogP contribution in [0.15, 0.2) is 58.3 Å². The minimum Gasteiger partial charge on any atom is -0.378 e. The van der Waals surface area contributed by atoms with E-state index in [0.29, 0.717) is 10.5 Å². The highest BCUT2D eigenvalue weighted by Crippen LogP contribution is 2.36. The van der Waals surface area contributed by atoms with Gasteiger partial charge in [-0.15, -0.1) is 12.6 Å². The first-order valence-electron chi connectivity index (χ1n) is 7.48. The summed E-state index contributed by atoms with van der Waals surface area (Å²) in [4.78, 5) is -1.63. The number of thiol groups is 1. The van der Waals surface area contributed by atoms with E-state index in [1.807, 2.05) is 0 Å². The second-order valence-corrected chi connectivity index (χ2v) is 7.41. The smallest absolute Gasteiger partial charge is 0.345 e. The first-order valence-corrected chi connectivity index (χ1v) is 9.34. The standard InChI is InChI=1S/C18H9F5O3S2/c19-13-14(20)16(22)18(17(23)15(13)21)28(24,25)26-11-7-3-1-5-9(11)10-6-2-4-8-12(10)27/h1-8,27H. The molecule has 3 aromatic carbocycles. The Bertz CT molecular complexity index is 1150. The molecule has 0 aliphatic heterocycles. The van der Waals surface area contributed by atoms with Crippen molar-refractivity contribution in [3.05, 3.63) is 77.6 Å². The van der Waals surface area contributed by atoms with Gasteiger partial charge in [0.1, 0.15) is 0 Å². The Labute approximate surface area is 161 Å². The predicted octanol–water partition coefficient (Wildman–Crippen LogP) is 5.11. The Morgan fingerprint density at radius 1 is 0.679 bits per heavy atom. The molecule has 0 heterocycles. The van der Waals surface area contributed by atoms with Gasteiger partial charge in [-0.05, 0) is 17.7 Å². The lowest BCUT2D eigenvalue weighted by Crippen LogP contribution is -2.18. The van der Waals surface area contributed by atoms with Crippen molar-refractivity contribution in [3.63, 3.8) is 0 Å². The lowest BCUT2D eigenvalue weighted by molar-refractivity contribution is 0.352. The average Bonchev–Trinajstić information content (AvgIpc) is 2.65. The summed E-state index contributed by atoms with van der Waals surface area (Å²) in [6.07, 6.45) is 0. The predicted molar refractivity (Wildman–Crippen MR) is 93.2 cm³/mol. The van der Waals surface area contributed by atoms with Crippen molar-refractivity contribution in [3.8, 4) is 16.9 Å². The monoisotopic (exact) mass is 432 g/mol. The lowest BCUT2D eigenvalue weighted by atomic mass is 10.0. The van der Waals surface area contributed by atoms with Crippen LogP contribution in [0.2, 0.25) is 0 Å². The van der Waals surface area contributed by atoms with Crippen LogP contribution in [0.3, 0.4) is 0 Å². The maximum absolute atomic E-state index is 13.9. The number of para-hydroxylation sites is 1. The molecule has 0 unspecified atom stereocenters. The molecule has 0 radical (unpaired) electrons. The van der Waals surface area contributed by atoms with Crippen molar-refractivity contribution >= 4 is 22.7 Å². The number of hydrogen-bond acceptors (Lipinski definition) is 4. The molecule has 0 saturated heterocycles. The van der Waals surface area contributed by atoms with Gasteiger partial charge in [-0.25, -0.2) is 22.0 Å². The molecular weight excluding hydrogens is 423 g/mol. The largest absolute Gasteiger partial charge is 0.378 e. The molecule has 3 aromatic rings. The van der Waals surface area contributed by atoms with Crippen molar-refractivity contribution in [1.82, 2.24) is 0 Å². The van der Waals surface area contributed by atoms with E-state index in [-0.39, 0.29) is 11.3 Å². The third-order valence-electron chi connectivity index (χ3n) is 3.70. The average molecular weight is 432 g/mol. The second kappa shape index (κ2) is 7.44.